The van der Waals surface area contributed by atoms with Crippen LogP contribution in [0.4, 0.5) is 0 Å². The normalized spacial score (nSPS) is 27.9. The van der Waals surface area contributed by atoms with Crippen LogP contribution in [0.15, 0.2) is 18.2 Å². The fraction of sp³-hybridized carbons (Fsp3) is 0.462. The van der Waals surface area contributed by atoms with Crippen molar-refractivity contribution >= 4 is 5.78 Å². The van der Waals surface area contributed by atoms with Crippen LogP contribution in [0.25, 0.3) is 0 Å². The van der Waals surface area contributed by atoms with Crippen molar-refractivity contribution in [2.24, 2.45) is 0 Å². The summed E-state index contributed by atoms with van der Waals surface area (Å²) in [5, 5.41) is 3.27. The number of hydrogen-bond donors (Lipinski definition) is 1. The Morgan fingerprint density at radius 1 is 1.44 bits per heavy atom. The highest BCUT2D eigenvalue weighted by Gasteiger charge is 2.42. The molecule has 84 valence electrons. The van der Waals surface area contributed by atoms with E-state index >= 15 is 0 Å². The molecule has 16 heavy (non-hydrogen) atoms. The molecule has 1 atom stereocenters. The molecule has 1 saturated heterocycles. The smallest absolute Gasteiger partial charge is 0.170 e. The number of Topliss-reactive ketones (excluding diaryl/α,β-unsaturated/α-hetero) is 1. The highest BCUT2D eigenvalue weighted by molar-refractivity contribution is 6.00. The van der Waals surface area contributed by atoms with Crippen molar-refractivity contribution in [1.82, 2.24) is 5.32 Å². The van der Waals surface area contributed by atoms with Crippen molar-refractivity contribution in [3.05, 3.63) is 29.3 Å². The summed E-state index contributed by atoms with van der Waals surface area (Å²) in [5.41, 5.74) is 1.58. The van der Waals surface area contributed by atoms with Gasteiger partial charge in [-0.25, -0.2) is 0 Å². The van der Waals surface area contributed by atoms with E-state index in [1.165, 1.54) is 0 Å². The van der Waals surface area contributed by atoms with Crippen LogP contribution in [0, 0.1) is 6.92 Å². The Morgan fingerprint density at radius 3 is 3.06 bits per heavy atom. The van der Waals surface area contributed by atoms with Gasteiger partial charge in [-0.15, -0.1) is 0 Å². The molecule has 1 fully saturated rings. The van der Waals surface area contributed by atoms with Crippen LogP contribution in [0.3, 0.4) is 0 Å². The lowest BCUT2D eigenvalue weighted by Crippen LogP contribution is -2.43. The molecule has 3 nitrogen and oxygen atoms in total. The first-order chi connectivity index (χ1) is 7.69. The lowest BCUT2D eigenvalue weighted by molar-refractivity contribution is 0.0528. The summed E-state index contributed by atoms with van der Waals surface area (Å²) in [6.45, 7) is 3.72. The van der Waals surface area contributed by atoms with Crippen molar-refractivity contribution in [1.29, 1.82) is 0 Å². The molecule has 2 heterocycles. The lowest BCUT2D eigenvalue weighted by atomic mass is 9.89. The van der Waals surface area contributed by atoms with Gasteiger partial charge in [-0.2, -0.15) is 0 Å². The van der Waals surface area contributed by atoms with Crippen molar-refractivity contribution in [3.63, 3.8) is 0 Å². The highest BCUT2D eigenvalue weighted by atomic mass is 16.5. The fourth-order valence-electron chi connectivity index (χ4n) is 2.57. The van der Waals surface area contributed by atoms with Crippen LogP contribution in [0.1, 0.15) is 28.8 Å². The number of hydrogen-bond acceptors (Lipinski definition) is 3. The minimum Gasteiger partial charge on any atom is -0.485 e. The van der Waals surface area contributed by atoms with Crippen LogP contribution >= 0.6 is 0 Å². The standard InChI is InChI=1S/C13H15NO2/c1-9-2-3-12-10(6-9)11(15)7-13(16-12)4-5-14-8-13/h2-3,6,14H,4-5,7-8H2,1H3. The van der Waals surface area contributed by atoms with Crippen molar-refractivity contribution < 1.29 is 9.53 Å². The number of carbonyl (C=O) groups excluding carboxylic acids is 1. The Labute approximate surface area is 94.8 Å². The maximum Gasteiger partial charge on any atom is 0.170 e. The van der Waals surface area contributed by atoms with Crippen LogP contribution in [-0.2, 0) is 0 Å². The molecule has 0 saturated carbocycles. The molecule has 0 aliphatic carbocycles. The number of ether oxygens (including phenoxy) is 1. The second-order valence-electron chi connectivity index (χ2n) is 4.81. The number of nitrogens with one attached hydrogen (secondary N) is 1. The first kappa shape index (κ1) is 9.85. The van der Waals surface area contributed by atoms with Crippen LogP contribution < -0.4 is 10.1 Å². The van der Waals surface area contributed by atoms with Gasteiger partial charge in [0.2, 0.25) is 0 Å². The Morgan fingerprint density at radius 2 is 2.31 bits per heavy atom. The van der Waals surface area contributed by atoms with Gasteiger partial charge in [-0.05, 0) is 25.6 Å². The Bertz CT molecular complexity index is 447. The zero-order chi connectivity index (χ0) is 11.2. The second kappa shape index (κ2) is 3.32. The summed E-state index contributed by atoms with van der Waals surface area (Å²) in [5.74, 6) is 0.971. The molecule has 3 heteroatoms. The van der Waals surface area contributed by atoms with Crippen LogP contribution in [-0.4, -0.2) is 24.5 Å². The summed E-state index contributed by atoms with van der Waals surface area (Å²) in [4.78, 5) is 12.1. The van der Waals surface area contributed by atoms with Gasteiger partial charge in [0.05, 0.1) is 12.0 Å². The summed E-state index contributed by atoms with van der Waals surface area (Å²) in [7, 11) is 0. The first-order valence-electron chi connectivity index (χ1n) is 5.72. The molecule has 0 amide bonds. The predicted octanol–water partition coefficient (Wildman–Crippen LogP) is 1.69. The van der Waals surface area contributed by atoms with Crippen molar-refractivity contribution in [3.8, 4) is 5.75 Å². The molecule has 1 spiro atoms. The summed E-state index contributed by atoms with van der Waals surface area (Å²) < 4.78 is 6.02. The van der Waals surface area contributed by atoms with E-state index in [1.807, 2.05) is 25.1 Å². The van der Waals surface area contributed by atoms with Crippen LogP contribution in [0.2, 0.25) is 0 Å². The van der Waals surface area contributed by atoms with Gasteiger partial charge in [0.1, 0.15) is 11.4 Å². The molecule has 1 aromatic carbocycles. The number of carbonyl (C=O) groups is 1. The minimum absolute atomic E-state index is 0.216. The molecule has 1 N–H and O–H groups in total. The molecule has 1 aromatic rings. The summed E-state index contributed by atoms with van der Waals surface area (Å²) in [6, 6.07) is 5.84. The average molecular weight is 217 g/mol. The Kier molecular flexibility index (Phi) is 2.04. The molecule has 0 aromatic heterocycles. The maximum atomic E-state index is 12.1. The average Bonchev–Trinajstić information content (AvgIpc) is 2.68. The monoisotopic (exact) mass is 217 g/mol. The van der Waals surface area contributed by atoms with E-state index in [4.69, 9.17) is 4.74 Å². The van der Waals surface area contributed by atoms with E-state index < -0.39 is 0 Å². The van der Waals surface area contributed by atoms with Gasteiger partial charge in [0, 0.05) is 13.0 Å². The molecule has 3 rings (SSSR count). The second-order valence-corrected chi connectivity index (χ2v) is 4.81. The van der Waals surface area contributed by atoms with E-state index in [0.29, 0.717) is 6.42 Å². The van der Waals surface area contributed by atoms with Gasteiger partial charge in [-0.1, -0.05) is 11.6 Å². The van der Waals surface area contributed by atoms with Crippen molar-refractivity contribution in [2.45, 2.75) is 25.4 Å². The molecule has 1 unspecified atom stereocenters. The van der Waals surface area contributed by atoms with Crippen LogP contribution in [0.5, 0.6) is 5.75 Å². The van der Waals surface area contributed by atoms with Gasteiger partial charge in [0.25, 0.3) is 0 Å². The van der Waals surface area contributed by atoms with E-state index in [0.717, 1.165) is 36.4 Å². The molecular weight excluding hydrogens is 202 g/mol. The quantitative estimate of drug-likeness (QED) is 0.718. The van der Waals surface area contributed by atoms with E-state index in [9.17, 15) is 4.79 Å². The predicted molar refractivity (Wildman–Crippen MR) is 61.0 cm³/mol. The van der Waals surface area contributed by atoms with E-state index in [2.05, 4.69) is 5.32 Å². The fourth-order valence-corrected chi connectivity index (χ4v) is 2.57. The van der Waals surface area contributed by atoms with Gasteiger partial charge in [-0.3, -0.25) is 4.79 Å². The topological polar surface area (TPSA) is 38.3 Å². The summed E-state index contributed by atoms with van der Waals surface area (Å²) in [6.07, 6.45) is 1.43. The lowest BCUT2D eigenvalue weighted by Gasteiger charge is -2.34. The van der Waals surface area contributed by atoms with Gasteiger partial charge in [0.15, 0.2) is 5.78 Å². The summed E-state index contributed by atoms with van der Waals surface area (Å²) >= 11 is 0. The third-order valence-electron chi connectivity index (χ3n) is 3.45. The number of ketones is 1. The number of aryl methyl sites for hydroxylation is 1. The van der Waals surface area contributed by atoms with E-state index in [-0.39, 0.29) is 11.4 Å². The number of rotatable bonds is 0. The third-order valence-corrected chi connectivity index (χ3v) is 3.45. The molecular formula is C13H15NO2. The number of benzene rings is 1. The molecule has 0 radical (unpaired) electrons. The first-order valence-corrected chi connectivity index (χ1v) is 5.72. The number of fused-ring (bicyclic) bond motifs is 1. The largest absolute Gasteiger partial charge is 0.485 e. The minimum atomic E-state index is -0.278. The Balaban J connectivity index is 2.02. The molecule has 2 aliphatic rings. The zero-order valence-corrected chi connectivity index (χ0v) is 9.38. The molecule has 0 bridgehead atoms. The zero-order valence-electron chi connectivity index (χ0n) is 9.38. The third kappa shape index (κ3) is 1.43. The Hall–Kier alpha value is -1.35. The van der Waals surface area contributed by atoms with E-state index in [1.54, 1.807) is 0 Å². The van der Waals surface area contributed by atoms with Gasteiger partial charge >= 0.3 is 0 Å². The SMILES string of the molecule is Cc1ccc2c(c1)C(=O)CC1(CCNC1)O2. The highest BCUT2D eigenvalue weighted by Crippen LogP contribution is 2.36. The van der Waals surface area contributed by atoms with Crippen molar-refractivity contribution in [2.75, 3.05) is 13.1 Å². The molecule has 2 aliphatic heterocycles. The maximum absolute atomic E-state index is 12.1. The van der Waals surface area contributed by atoms with Gasteiger partial charge < -0.3 is 10.1 Å².